The fraction of sp³-hybridized carbons (Fsp3) is 0.400. The summed E-state index contributed by atoms with van der Waals surface area (Å²) in [5, 5.41) is 25.7. The van der Waals surface area contributed by atoms with Gasteiger partial charge in [0.2, 0.25) is 0 Å². The van der Waals surface area contributed by atoms with Crippen LogP contribution in [0.2, 0.25) is 0 Å². The number of benzene rings is 2. The summed E-state index contributed by atoms with van der Waals surface area (Å²) in [5.74, 6) is -0.129. The average molecular weight is 469 g/mol. The Bertz CT molecular complexity index is 1100. The molecule has 0 fully saturated rings. The number of carboxylic acid groups (broad SMARTS) is 1. The van der Waals surface area contributed by atoms with Gasteiger partial charge in [-0.25, -0.2) is 4.79 Å². The third kappa shape index (κ3) is 6.71. The van der Waals surface area contributed by atoms with E-state index in [9.17, 15) is 19.8 Å². The molecule has 0 saturated carbocycles. The van der Waals surface area contributed by atoms with Crippen LogP contribution in [0.5, 0.6) is 0 Å². The SMILES string of the molecule is CCNc1nc2ccc(C(=O)N(CC(C)C)C[C@@H](O)[C@H](Cc3ccccc3)NC(=O)O)cc2o1. The molecule has 0 spiro atoms. The van der Waals surface area contributed by atoms with Crippen molar-refractivity contribution >= 4 is 29.1 Å². The largest absolute Gasteiger partial charge is 0.465 e. The molecule has 0 saturated heterocycles. The van der Waals surface area contributed by atoms with Crippen molar-refractivity contribution in [1.82, 2.24) is 15.2 Å². The van der Waals surface area contributed by atoms with Crippen molar-refractivity contribution in [3.05, 3.63) is 59.7 Å². The van der Waals surface area contributed by atoms with Crippen LogP contribution < -0.4 is 10.6 Å². The Morgan fingerprint density at radius 2 is 1.85 bits per heavy atom. The lowest BCUT2D eigenvalue weighted by Gasteiger charge is -2.31. The number of aromatic nitrogens is 1. The van der Waals surface area contributed by atoms with Gasteiger partial charge in [0.1, 0.15) is 5.52 Å². The second-order valence-corrected chi connectivity index (χ2v) is 8.65. The quantitative estimate of drug-likeness (QED) is 0.338. The van der Waals surface area contributed by atoms with Gasteiger partial charge in [0, 0.05) is 25.2 Å². The molecule has 34 heavy (non-hydrogen) atoms. The molecule has 9 heteroatoms. The van der Waals surface area contributed by atoms with Gasteiger partial charge >= 0.3 is 6.09 Å². The van der Waals surface area contributed by atoms with E-state index in [-0.39, 0.29) is 18.4 Å². The number of hydrogen-bond acceptors (Lipinski definition) is 6. The Balaban J connectivity index is 1.81. The highest BCUT2D eigenvalue weighted by atomic mass is 16.4. The molecule has 1 heterocycles. The smallest absolute Gasteiger partial charge is 0.404 e. The molecule has 9 nitrogen and oxygen atoms in total. The van der Waals surface area contributed by atoms with Gasteiger partial charge in [-0.05, 0) is 43.0 Å². The van der Waals surface area contributed by atoms with Gasteiger partial charge in [-0.2, -0.15) is 4.98 Å². The Hall–Kier alpha value is -3.59. The molecule has 0 aliphatic rings. The maximum Gasteiger partial charge on any atom is 0.404 e. The summed E-state index contributed by atoms with van der Waals surface area (Å²) in [6.45, 7) is 6.93. The summed E-state index contributed by atoms with van der Waals surface area (Å²) in [6.07, 6.45) is -2.03. The van der Waals surface area contributed by atoms with Gasteiger partial charge in [0.15, 0.2) is 5.58 Å². The molecule has 0 aliphatic heterocycles. The van der Waals surface area contributed by atoms with E-state index in [1.807, 2.05) is 51.1 Å². The summed E-state index contributed by atoms with van der Waals surface area (Å²) in [7, 11) is 0. The summed E-state index contributed by atoms with van der Waals surface area (Å²) < 4.78 is 5.67. The molecule has 1 aromatic heterocycles. The number of oxazole rings is 1. The number of nitrogens with zero attached hydrogens (tertiary/aromatic N) is 2. The minimum Gasteiger partial charge on any atom is -0.465 e. The summed E-state index contributed by atoms with van der Waals surface area (Å²) in [4.78, 5) is 30.7. The minimum atomic E-state index is -1.23. The third-order valence-electron chi connectivity index (χ3n) is 5.32. The molecular formula is C25H32N4O5. The first-order valence-electron chi connectivity index (χ1n) is 11.4. The van der Waals surface area contributed by atoms with E-state index in [0.29, 0.717) is 42.2 Å². The zero-order valence-electron chi connectivity index (χ0n) is 19.7. The summed E-state index contributed by atoms with van der Waals surface area (Å²) in [6, 6.07) is 14.0. The van der Waals surface area contributed by atoms with Gasteiger partial charge in [-0.15, -0.1) is 0 Å². The molecular weight excluding hydrogens is 436 g/mol. The van der Waals surface area contributed by atoms with Gasteiger partial charge < -0.3 is 30.2 Å². The molecule has 3 aromatic rings. The maximum absolute atomic E-state index is 13.4. The molecule has 0 aliphatic carbocycles. The molecule has 0 unspecified atom stereocenters. The number of fused-ring (bicyclic) bond motifs is 1. The van der Waals surface area contributed by atoms with E-state index in [1.165, 1.54) is 0 Å². The van der Waals surface area contributed by atoms with Crippen LogP contribution in [-0.4, -0.2) is 63.9 Å². The normalized spacial score (nSPS) is 13.0. The predicted octanol–water partition coefficient (Wildman–Crippen LogP) is 3.60. The first-order valence-corrected chi connectivity index (χ1v) is 11.4. The number of carbonyl (C=O) groups excluding carboxylic acids is 1. The summed E-state index contributed by atoms with van der Waals surface area (Å²) >= 11 is 0. The number of hydrogen-bond donors (Lipinski definition) is 4. The van der Waals surface area contributed by atoms with Crippen LogP contribution in [-0.2, 0) is 6.42 Å². The van der Waals surface area contributed by atoms with Crippen LogP contribution in [0.25, 0.3) is 11.1 Å². The zero-order chi connectivity index (χ0) is 24.7. The molecule has 4 N–H and O–H groups in total. The Morgan fingerprint density at radius 1 is 1.12 bits per heavy atom. The van der Waals surface area contributed by atoms with Crippen molar-refractivity contribution in [2.45, 2.75) is 39.3 Å². The number of carbonyl (C=O) groups is 2. The molecule has 3 rings (SSSR count). The van der Waals surface area contributed by atoms with Gasteiger partial charge in [0.05, 0.1) is 12.1 Å². The predicted molar refractivity (Wildman–Crippen MR) is 130 cm³/mol. The van der Waals surface area contributed by atoms with Crippen molar-refractivity contribution in [2.75, 3.05) is 25.0 Å². The highest BCUT2D eigenvalue weighted by Gasteiger charge is 2.27. The number of anilines is 1. The number of nitrogens with one attached hydrogen (secondary N) is 2. The van der Waals surface area contributed by atoms with Crippen LogP contribution in [0.1, 0.15) is 36.7 Å². The molecule has 182 valence electrons. The van der Waals surface area contributed by atoms with Crippen molar-refractivity contribution in [3.8, 4) is 0 Å². The van der Waals surface area contributed by atoms with Crippen LogP contribution in [0.4, 0.5) is 10.8 Å². The maximum atomic E-state index is 13.4. The number of aliphatic hydroxyl groups excluding tert-OH is 1. The number of aliphatic hydroxyl groups is 1. The lowest BCUT2D eigenvalue weighted by atomic mass is 10.00. The Labute approximate surface area is 198 Å². The summed E-state index contributed by atoms with van der Waals surface area (Å²) in [5.41, 5.74) is 2.41. The standard InChI is InChI=1S/C25H32N4O5/c1-4-26-24-27-19-11-10-18(13-22(19)34-24)23(31)29(14-16(2)3)15-21(30)20(28-25(32)33)12-17-8-6-5-7-9-17/h5-11,13,16,20-21,28,30H,4,12,14-15H2,1-3H3,(H,26,27)(H,32,33)/t20-,21+/m0/s1. The van der Waals surface area contributed by atoms with Gasteiger partial charge in [0.25, 0.3) is 11.9 Å². The fourth-order valence-electron chi connectivity index (χ4n) is 3.81. The number of rotatable bonds is 11. The molecule has 2 atom stereocenters. The number of amides is 2. The Morgan fingerprint density at radius 3 is 2.50 bits per heavy atom. The molecule has 2 aromatic carbocycles. The van der Waals surface area contributed by atoms with E-state index in [1.54, 1.807) is 23.1 Å². The molecule has 0 bridgehead atoms. The highest BCUT2D eigenvalue weighted by molar-refractivity contribution is 5.97. The van der Waals surface area contributed by atoms with E-state index in [0.717, 1.165) is 5.56 Å². The Kier molecular flexibility index (Phi) is 8.48. The molecule has 0 radical (unpaired) electrons. The van der Waals surface area contributed by atoms with E-state index < -0.39 is 18.2 Å². The second kappa shape index (κ2) is 11.5. The average Bonchev–Trinajstić information content (AvgIpc) is 3.19. The van der Waals surface area contributed by atoms with Crippen molar-refractivity contribution < 1.29 is 24.2 Å². The van der Waals surface area contributed by atoms with E-state index >= 15 is 0 Å². The van der Waals surface area contributed by atoms with Gasteiger partial charge in [-0.3, -0.25) is 4.79 Å². The van der Waals surface area contributed by atoms with Crippen LogP contribution in [0.3, 0.4) is 0 Å². The van der Waals surface area contributed by atoms with Crippen molar-refractivity contribution in [3.63, 3.8) is 0 Å². The van der Waals surface area contributed by atoms with Crippen LogP contribution in [0, 0.1) is 5.92 Å². The second-order valence-electron chi connectivity index (χ2n) is 8.65. The van der Waals surface area contributed by atoms with Gasteiger partial charge in [-0.1, -0.05) is 44.2 Å². The van der Waals surface area contributed by atoms with Crippen molar-refractivity contribution in [1.29, 1.82) is 0 Å². The monoisotopic (exact) mass is 468 g/mol. The topological polar surface area (TPSA) is 128 Å². The minimum absolute atomic E-state index is 0.0219. The molecule has 2 amide bonds. The zero-order valence-corrected chi connectivity index (χ0v) is 19.7. The van der Waals surface area contributed by atoms with E-state index in [2.05, 4.69) is 15.6 Å². The third-order valence-corrected chi connectivity index (χ3v) is 5.32. The lowest BCUT2D eigenvalue weighted by molar-refractivity contribution is 0.0509. The first-order chi connectivity index (χ1) is 16.3. The van der Waals surface area contributed by atoms with Crippen LogP contribution >= 0.6 is 0 Å². The lowest BCUT2D eigenvalue weighted by Crippen LogP contribution is -2.50. The first kappa shape index (κ1) is 25.0. The van der Waals surface area contributed by atoms with Crippen molar-refractivity contribution in [2.24, 2.45) is 5.92 Å². The fourth-order valence-corrected chi connectivity index (χ4v) is 3.81. The van der Waals surface area contributed by atoms with E-state index in [4.69, 9.17) is 4.42 Å². The highest BCUT2D eigenvalue weighted by Crippen LogP contribution is 2.21. The van der Waals surface area contributed by atoms with Crippen LogP contribution in [0.15, 0.2) is 52.9 Å².